The zero-order valence-corrected chi connectivity index (χ0v) is 29.0. The van der Waals surface area contributed by atoms with Crippen LogP contribution in [0.15, 0.2) is 24.3 Å². The molecule has 0 heterocycles. The second-order valence-corrected chi connectivity index (χ2v) is 12.7. The van der Waals surface area contributed by atoms with Gasteiger partial charge in [0, 0.05) is 13.0 Å². The lowest BCUT2D eigenvalue weighted by Gasteiger charge is -2.15. The fourth-order valence-electron chi connectivity index (χ4n) is 5.42. The molecule has 0 aliphatic heterocycles. The fourth-order valence-corrected chi connectivity index (χ4v) is 5.42. The highest BCUT2D eigenvalue weighted by atomic mass is 16.6. The third kappa shape index (κ3) is 35.2. The number of allylic oxidation sites excluding steroid dienone is 4. The second-order valence-electron chi connectivity index (χ2n) is 12.7. The maximum Gasteiger partial charge on any atom is 0.306 e. The van der Waals surface area contributed by atoms with Gasteiger partial charge in [-0.1, -0.05) is 173 Å². The molecule has 0 aliphatic rings. The lowest BCUT2D eigenvalue weighted by molar-refractivity contribution is -0.154. The summed E-state index contributed by atoms with van der Waals surface area (Å²) in [6, 6.07) is 0. The zero-order chi connectivity index (χ0) is 31.3. The van der Waals surface area contributed by atoms with Crippen molar-refractivity contribution >= 4 is 5.97 Å². The molecule has 0 saturated heterocycles. The van der Waals surface area contributed by atoms with Gasteiger partial charge in [0.15, 0.2) is 0 Å². The van der Waals surface area contributed by atoms with Gasteiger partial charge in [0.1, 0.15) is 6.10 Å². The van der Waals surface area contributed by atoms with Crippen LogP contribution in [0.3, 0.4) is 0 Å². The monoisotopic (exact) mass is 607 g/mol. The van der Waals surface area contributed by atoms with Crippen LogP contribution in [-0.2, 0) is 14.3 Å². The molecule has 1 atom stereocenters. The summed E-state index contributed by atoms with van der Waals surface area (Å²) in [5.41, 5.74) is 0. The molecular weight excluding hydrogens is 532 g/mol. The van der Waals surface area contributed by atoms with Crippen molar-refractivity contribution in [3.63, 3.8) is 0 Å². The van der Waals surface area contributed by atoms with Gasteiger partial charge < -0.3 is 14.6 Å². The highest BCUT2D eigenvalue weighted by Gasteiger charge is 2.13. The first-order valence-electron chi connectivity index (χ1n) is 18.9. The number of carbonyl (C=O) groups is 1. The van der Waals surface area contributed by atoms with Gasteiger partial charge in [-0.3, -0.25) is 4.79 Å². The molecule has 0 fully saturated rings. The largest absolute Gasteiger partial charge is 0.457 e. The van der Waals surface area contributed by atoms with Gasteiger partial charge in [0.05, 0.1) is 13.2 Å². The Morgan fingerprint density at radius 1 is 0.558 bits per heavy atom. The average molecular weight is 607 g/mol. The van der Waals surface area contributed by atoms with Gasteiger partial charge in [-0.25, -0.2) is 0 Å². The Kier molecular flexibility index (Phi) is 36.1. The standard InChI is InChI=1S/C39H74O4/c1-3-5-7-9-11-13-15-17-18-19-20-21-23-25-27-29-31-33-35-42-37-38(36-40)43-39(41)34-32-30-28-26-24-22-16-14-12-10-8-6-4-2/h8,10,14,16,38,40H,3-7,9,11-13,15,17-37H2,1-2H3/b10-8-,16-14-. The minimum absolute atomic E-state index is 0.174. The van der Waals surface area contributed by atoms with E-state index in [-0.39, 0.29) is 12.6 Å². The first kappa shape index (κ1) is 41.9. The molecule has 0 amide bonds. The Morgan fingerprint density at radius 2 is 1.02 bits per heavy atom. The van der Waals surface area contributed by atoms with Gasteiger partial charge >= 0.3 is 5.97 Å². The molecule has 0 aromatic heterocycles. The van der Waals surface area contributed by atoms with Crippen molar-refractivity contribution in [2.24, 2.45) is 0 Å². The molecule has 4 heteroatoms. The normalized spacial score (nSPS) is 12.5. The van der Waals surface area contributed by atoms with Crippen molar-refractivity contribution in [1.82, 2.24) is 0 Å². The van der Waals surface area contributed by atoms with Crippen LogP contribution in [-0.4, -0.2) is 37.0 Å². The first-order valence-corrected chi connectivity index (χ1v) is 18.9. The minimum atomic E-state index is -0.536. The Bertz CT molecular complexity index is 600. The van der Waals surface area contributed by atoms with Crippen molar-refractivity contribution in [2.75, 3.05) is 19.8 Å². The summed E-state index contributed by atoms with van der Waals surface area (Å²) in [5.74, 6) is -0.213. The Labute approximate surface area is 268 Å². The van der Waals surface area contributed by atoms with Crippen molar-refractivity contribution < 1.29 is 19.4 Å². The third-order valence-corrected chi connectivity index (χ3v) is 8.26. The van der Waals surface area contributed by atoms with E-state index in [4.69, 9.17) is 9.47 Å². The van der Waals surface area contributed by atoms with Crippen LogP contribution in [0.25, 0.3) is 0 Å². The van der Waals surface area contributed by atoms with E-state index in [1.165, 1.54) is 135 Å². The number of hydrogen-bond donors (Lipinski definition) is 1. The number of hydrogen-bond acceptors (Lipinski definition) is 4. The summed E-state index contributed by atoms with van der Waals surface area (Å²) in [4.78, 5) is 12.1. The van der Waals surface area contributed by atoms with Gasteiger partial charge in [0.25, 0.3) is 0 Å². The van der Waals surface area contributed by atoms with Crippen molar-refractivity contribution in [3.8, 4) is 0 Å². The third-order valence-electron chi connectivity index (χ3n) is 8.26. The van der Waals surface area contributed by atoms with E-state index in [9.17, 15) is 9.90 Å². The fraction of sp³-hybridized carbons (Fsp3) is 0.872. The van der Waals surface area contributed by atoms with Gasteiger partial charge in [-0.05, 0) is 38.5 Å². The molecule has 0 spiro atoms. The maximum absolute atomic E-state index is 12.1. The van der Waals surface area contributed by atoms with Crippen LogP contribution in [0.4, 0.5) is 0 Å². The molecule has 43 heavy (non-hydrogen) atoms. The van der Waals surface area contributed by atoms with Crippen LogP contribution >= 0.6 is 0 Å². The van der Waals surface area contributed by atoms with Crippen LogP contribution in [0.5, 0.6) is 0 Å². The smallest absolute Gasteiger partial charge is 0.306 e. The van der Waals surface area contributed by atoms with E-state index in [0.29, 0.717) is 19.6 Å². The summed E-state index contributed by atoms with van der Waals surface area (Å²) >= 11 is 0. The second kappa shape index (κ2) is 37.1. The molecule has 0 bridgehead atoms. The van der Waals surface area contributed by atoms with E-state index >= 15 is 0 Å². The summed E-state index contributed by atoms with van der Waals surface area (Å²) in [6.07, 6.45) is 43.6. The molecule has 0 aromatic carbocycles. The number of aliphatic hydroxyl groups excluding tert-OH is 1. The first-order chi connectivity index (χ1) is 21.2. The van der Waals surface area contributed by atoms with E-state index in [1.54, 1.807) is 0 Å². The molecule has 0 saturated carbocycles. The van der Waals surface area contributed by atoms with Crippen LogP contribution in [0, 0.1) is 0 Å². The molecule has 254 valence electrons. The number of ether oxygens (including phenoxy) is 2. The zero-order valence-electron chi connectivity index (χ0n) is 29.0. The summed E-state index contributed by atoms with van der Waals surface area (Å²) in [6.45, 7) is 5.29. The highest BCUT2D eigenvalue weighted by Crippen LogP contribution is 2.14. The van der Waals surface area contributed by atoms with Crippen molar-refractivity contribution in [1.29, 1.82) is 0 Å². The number of esters is 1. The molecule has 0 aromatic rings. The quantitative estimate of drug-likeness (QED) is 0.0443. The number of aliphatic hydroxyl groups is 1. The van der Waals surface area contributed by atoms with E-state index in [0.717, 1.165) is 38.5 Å². The molecule has 1 unspecified atom stereocenters. The summed E-state index contributed by atoms with van der Waals surface area (Å²) in [5, 5.41) is 9.55. The van der Waals surface area contributed by atoms with E-state index in [2.05, 4.69) is 38.2 Å². The topological polar surface area (TPSA) is 55.8 Å². The molecule has 4 nitrogen and oxygen atoms in total. The Balaban J connectivity index is 3.41. The predicted molar refractivity (Wildman–Crippen MR) is 187 cm³/mol. The lowest BCUT2D eigenvalue weighted by Crippen LogP contribution is -2.27. The highest BCUT2D eigenvalue weighted by molar-refractivity contribution is 5.69. The van der Waals surface area contributed by atoms with E-state index < -0.39 is 6.10 Å². The molecule has 0 aliphatic carbocycles. The van der Waals surface area contributed by atoms with Gasteiger partial charge in [-0.2, -0.15) is 0 Å². The van der Waals surface area contributed by atoms with Crippen molar-refractivity contribution in [2.45, 2.75) is 200 Å². The number of unbranched alkanes of at least 4 members (excludes halogenated alkanes) is 23. The number of rotatable bonds is 35. The van der Waals surface area contributed by atoms with Gasteiger partial charge in [-0.15, -0.1) is 0 Å². The summed E-state index contributed by atoms with van der Waals surface area (Å²) < 4.78 is 11.1. The molecule has 0 rings (SSSR count). The Hall–Kier alpha value is -1.13. The maximum atomic E-state index is 12.1. The molecule has 1 N–H and O–H groups in total. The lowest BCUT2D eigenvalue weighted by atomic mass is 10.0. The molecule has 0 radical (unpaired) electrons. The number of carbonyl (C=O) groups excluding carboxylic acids is 1. The van der Waals surface area contributed by atoms with Crippen molar-refractivity contribution in [3.05, 3.63) is 24.3 Å². The SMILES string of the molecule is CCC/C=C\C/C=C\CCCCCCCC(=O)OC(CO)COCCCCCCCCCCCCCCCCCCCC. The van der Waals surface area contributed by atoms with E-state index in [1.807, 2.05) is 0 Å². The predicted octanol–water partition coefficient (Wildman–Crippen LogP) is 12.0. The van der Waals surface area contributed by atoms with Crippen LogP contribution in [0.2, 0.25) is 0 Å². The van der Waals surface area contributed by atoms with Gasteiger partial charge in [0.2, 0.25) is 0 Å². The van der Waals surface area contributed by atoms with Crippen LogP contribution < -0.4 is 0 Å². The average Bonchev–Trinajstić information content (AvgIpc) is 3.01. The molecular formula is C39H74O4. The summed E-state index contributed by atoms with van der Waals surface area (Å²) in [7, 11) is 0. The Morgan fingerprint density at radius 3 is 1.53 bits per heavy atom. The minimum Gasteiger partial charge on any atom is -0.457 e. The van der Waals surface area contributed by atoms with Crippen LogP contribution in [0.1, 0.15) is 194 Å².